The summed E-state index contributed by atoms with van der Waals surface area (Å²) in [6.07, 6.45) is 9.52. The number of likely N-dealkylation sites (tertiary alicyclic amines) is 1. The number of nitrogens with zero attached hydrogens (tertiary/aromatic N) is 3. The molecule has 20 heavy (non-hydrogen) atoms. The topological polar surface area (TPSA) is 68.5 Å². The van der Waals surface area contributed by atoms with Gasteiger partial charge in [0.05, 0.1) is 24.6 Å². The predicted octanol–water partition coefficient (Wildman–Crippen LogP) is 1.75. The lowest BCUT2D eigenvalue weighted by Gasteiger charge is -2.32. The highest BCUT2D eigenvalue weighted by Gasteiger charge is 2.26. The van der Waals surface area contributed by atoms with E-state index in [9.17, 15) is 4.79 Å². The molecule has 0 N–H and O–H groups in total. The van der Waals surface area contributed by atoms with Crippen molar-refractivity contribution < 1.29 is 13.9 Å². The van der Waals surface area contributed by atoms with Gasteiger partial charge in [0.2, 0.25) is 5.88 Å². The standard InChI is InChI=1S/C14H15N3O3/c18-14(11-3-7-19-10-11)17-6-1-2-12(9-17)20-13-8-15-4-5-16-13/h3-5,7-8,10,12H,1-2,6,9H2/t12-/m0/s1. The van der Waals surface area contributed by atoms with Gasteiger partial charge < -0.3 is 14.1 Å². The first kappa shape index (κ1) is 12.7. The second-order valence-electron chi connectivity index (χ2n) is 4.69. The third-order valence-corrected chi connectivity index (χ3v) is 3.26. The highest BCUT2D eigenvalue weighted by atomic mass is 16.5. The fraction of sp³-hybridized carbons (Fsp3) is 0.357. The van der Waals surface area contributed by atoms with Crippen molar-refractivity contribution in [2.75, 3.05) is 13.1 Å². The van der Waals surface area contributed by atoms with E-state index in [1.807, 2.05) is 0 Å². The van der Waals surface area contributed by atoms with Crippen molar-refractivity contribution in [3.8, 4) is 5.88 Å². The minimum Gasteiger partial charge on any atom is -0.472 e. The molecule has 0 spiro atoms. The molecule has 0 unspecified atom stereocenters. The van der Waals surface area contributed by atoms with Crippen molar-refractivity contribution in [3.63, 3.8) is 0 Å². The highest BCUT2D eigenvalue weighted by Crippen LogP contribution is 2.18. The van der Waals surface area contributed by atoms with E-state index in [2.05, 4.69) is 9.97 Å². The van der Waals surface area contributed by atoms with E-state index < -0.39 is 0 Å². The van der Waals surface area contributed by atoms with Crippen molar-refractivity contribution in [1.29, 1.82) is 0 Å². The number of carbonyl (C=O) groups is 1. The fourth-order valence-electron chi connectivity index (χ4n) is 2.30. The summed E-state index contributed by atoms with van der Waals surface area (Å²) in [4.78, 5) is 22.1. The summed E-state index contributed by atoms with van der Waals surface area (Å²) in [5, 5.41) is 0. The molecule has 104 valence electrons. The van der Waals surface area contributed by atoms with E-state index in [-0.39, 0.29) is 12.0 Å². The summed E-state index contributed by atoms with van der Waals surface area (Å²) in [6.45, 7) is 1.30. The smallest absolute Gasteiger partial charge is 0.257 e. The minimum atomic E-state index is -0.0451. The van der Waals surface area contributed by atoms with Crippen LogP contribution in [0, 0.1) is 0 Å². The van der Waals surface area contributed by atoms with Gasteiger partial charge in [-0.25, -0.2) is 4.98 Å². The van der Waals surface area contributed by atoms with Crippen molar-refractivity contribution in [2.45, 2.75) is 18.9 Å². The van der Waals surface area contributed by atoms with Gasteiger partial charge >= 0.3 is 0 Å². The average molecular weight is 273 g/mol. The van der Waals surface area contributed by atoms with Crippen LogP contribution in [0.3, 0.4) is 0 Å². The Morgan fingerprint density at radius 2 is 2.40 bits per heavy atom. The van der Waals surface area contributed by atoms with E-state index in [0.717, 1.165) is 19.4 Å². The first-order valence-electron chi connectivity index (χ1n) is 6.57. The number of aromatic nitrogens is 2. The number of carbonyl (C=O) groups excluding carboxylic acids is 1. The molecule has 1 aliphatic rings. The van der Waals surface area contributed by atoms with E-state index in [0.29, 0.717) is 18.0 Å². The molecule has 1 aliphatic heterocycles. The molecule has 2 aromatic heterocycles. The zero-order chi connectivity index (χ0) is 13.8. The largest absolute Gasteiger partial charge is 0.472 e. The maximum absolute atomic E-state index is 12.2. The second kappa shape index (κ2) is 5.73. The quantitative estimate of drug-likeness (QED) is 0.852. The molecule has 1 saturated heterocycles. The highest BCUT2D eigenvalue weighted by molar-refractivity contribution is 5.93. The molecular weight excluding hydrogens is 258 g/mol. The summed E-state index contributed by atoms with van der Waals surface area (Å²) < 4.78 is 10.7. The van der Waals surface area contributed by atoms with Gasteiger partial charge in [-0.1, -0.05) is 0 Å². The maximum Gasteiger partial charge on any atom is 0.257 e. The molecule has 0 aliphatic carbocycles. The van der Waals surface area contributed by atoms with Crippen LogP contribution in [-0.4, -0.2) is 40.0 Å². The summed E-state index contributed by atoms with van der Waals surface area (Å²) in [5.41, 5.74) is 0.574. The molecule has 0 bridgehead atoms. The van der Waals surface area contributed by atoms with Gasteiger partial charge in [0.15, 0.2) is 0 Å². The Hall–Kier alpha value is -2.37. The molecule has 0 radical (unpaired) electrons. The summed E-state index contributed by atoms with van der Waals surface area (Å²) in [6, 6.07) is 1.68. The maximum atomic E-state index is 12.2. The lowest BCUT2D eigenvalue weighted by molar-refractivity contribution is 0.0526. The van der Waals surface area contributed by atoms with Crippen molar-refractivity contribution in [3.05, 3.63) is 42.7 Å². The number of hydrogen-bond acceptors (Lipinski definition) is 5. The molecule has 0 aromatic carbocycles. The Morgan fingerprint density at radius 1 is 1.45 bits per heavy atom. The molecule has 1 amide bonds. The molecule has 0 saturated carbocycles. The first-order chi connectivity index (χ1) is 9.83. The van der Waals surface area contributed by atoms with E-state index in [4.69, 9.17) is 9.15 Å². The van der Waals surface area contributed by atoms with Crippen molar-refractivity contribution in [1.82, 2.24) is 14.9 Å². The third-order valence-electron chi connectivity index (χ3n) is 3.26. The van der Waals surface area contributed by atoms with Crippen LogP contribution in [0.25, 0.3) is 0 Å². The van der Waals surface area contributed by atoms with Crippen molar-refractivity contribution in [2.24, 2.45) is 0 Å². The van der Waals surface area contributed by atoms with Crippen LogP contribution >= 0.6 is 0 Å². The molecule has 2 aromatic rings. The third kappa shape index (κ3) is 2.79. The number of hydrogen-bond donors (Lipinski definition) is 0. The number of piperidine rings is 1. The number of furan rings is 1. The first-order valence-corrected chi connectivity index (χ1v) is 6.57. The molecule has 3 rings (SSSR count). The van der Waals surface area contributed by atoms with Crippen LogP contribution in [0.2, 0.25) is 0 Å². The Bertz CT molecular complexity index is 556. The zero-order valence-corrected chi connectivity index (χ0v) is 10.9. The second-order valence-corrected chi connectivity index (χ2v) is 4.69. The Morgan fingerprint density at radius 3 is 3.15 bits per heavy atom. The lowest BCUT2D eigenvalue weighted by atomic mass is 10.1. The fourth-order valence-corrected chi connectivity index (χ4v) is 2.30. The molecule has 1 fully saturated rings. The van der Waals surface area contributed by atoms with Gasteiger partial charge in [-0.05, 0) is 18.9 Å². The number of rotatable bonds is 3. The van der Waals surface area contributed by atoms with Crippen LogP contribution in [0.1, 0.15) is 23.2 Å². The van der Waals surface area contributed by atoms with Crippen LogP contribution in [0.5, 0.6) is 5.88 Å². The van der Waals surface area contributed by atoms with E-state index in [1.165, 1.54) is 12.5 Å². The monoisotopic (exact) mass is 273 g/mol. The lowest BCUT2D eigenvalue weighted by Crippen LogP contribution is -2.44. The average Bonchev–Trinajstić information content (AvgIpc) is 3.02. The van der Waals surface area contributed by atoms with Crippen LogP contribution in [0.15, 0.2) is 41.6 Å². The van der Waals surface area contributed by atoms with Gasteiger partial charge in [0.1, 0.15) is 12.4 Å². The molecule has 3 heterocycles. The van der Waals surface area contributed by atoms with Gasteiger partial charge in [0, 0.05) is 18.9 Å². The van der Waals surface area contributed by atoms with Gasteiger partial charge in [-0.3, -0.25) is 9.78 Å². The Labute approximate surface area is 116 Å². The van der Waals surface area contributed by atoms with Crippen LogP contribution in [-0.2, 0) is 0 Å². The molecule has 1 atom stereocenters. The summed E-state index contributed by atoms with van der Waals surface area (Å²) in [7, 11) is 0. The van der Waals surface area contributed by atoms with E-state index >= 15 is 0 Å². The normalized spacial score (nSPS) is 18.8. The summed E-state index contributed by atoms with van der Waals surface area (Å²) >= 11 is 0. The number of amides is 1. The van der Waals surface area contributed by atoms with Gasteiger partial charge in [-0.15, -0.1) is 0 Å². The predicted molar refractivity (Wildman–Crippen MR) is 70.3 cm³/mol. The Balaban J connectivity index is 1.63. The molecular formula is C14H15N3O3. The minimum absolute atomic E-state index is 0.0220. The van der Waals surface area contributed by atoms with E-state index in [1.54, 1.807) is 29.6 Å². The number of ether oxygens (including phenoxy) is 1. The van der Waals surface area contributed by atoms with Gasteiger partial charge in [-0.2, -0.15) is 0 Å². The van der Waals surface area contributed by atoms with Crippen LogP contribution < -0.4 is 4.74 Å². The summed E-state index contributed by atoms with van der Waals surface area (Å²) in [5.74, 6) is 0.473. The van der Waals surface area contributed by atoms with Crippen molar-refractivity contribution >= 4 is 5.91 Å². The molecule has 6 nitrogen and oxygen atoms in total. The zero-order valence-electron chi connectivity index (χ0n) is 10.9. The van der Waals surface area contributed by atoms with Gasteiger partial charge in [0.25, 0.3) is 5.91 Å². The Kier molecular flexibility index (Phi) is 3.62. The SMILES string of the molecule is O=C(c1ccoc1)N1CCC[C@H](Oc2cnccn2)C1. The van der Waals surface area contributed by atoms with Crippen LogP contribution in [0.4, 0.5) is 0 Å². The molecule has 6 heteroatoms.